The molecule has 0 bridgehead atoms. The summed E-state index contributed by atoms with van der Waals surface area (Å²) in [5.41, 5.74) is 1.48. The maximum atomic E-state index is 3.26. The van der Waals surface area contributed by atoms with Gasteiger partial charge in [0.05, 0.1) is 0 Å². The molecular weight excluding hydrogens is 282 g/mol. The predicted octanol–water partition coefficient (Wildman–Crippen LogP) is -2.88. The molecule has 0 spiro atoms. The van der Waals surface area contributed by atoms with Crippen molar-refractivity contribution in [2.75, 3.05) is 0 Å². The monoisotopic (exact) mass is 295 g/mol. The van der Waals surface area contributed by atoms with Crippen molar-refractivity contribution in [3.8, 4) is 0 Å². The van der Waals surface area contributed by atoms with E-state index in [2.05, 4.69) is 32.1 Å². The molecule has 1 atom stereocenters. The van der Waals surface area contributed by atoms with Gasteiger partial charge in [-0.25, -0.2) is 11.6 Å². The molecule has 0 aromatic heterocycles. The fraction of sp³-hybridized carbons (Fsp3) is 0.600. The molecule has 1 radical (unpaired) electrons. The molecule has 0 saturated heterocycles. The number of halogens is 2. The molecule has 1 aliphatic carbocycles. The fourth-order valence-electron chi connectivity index (χ4n) is 1.19. The fourth-order valence-corrected chi connectivity index (χ4v) is 1.19. The Morgan fingerprint density at radius 1 is 1.38 bits per heavy atom. The summed E-state index contributed by atoms with van der Waals surface area (Å²) in [6.07, 6.45) is 11.6. The zero-order valence-corrected chi connectivity index (χ0v) is 12.1. The van der Waals surface area contributed by atoms with Gasteiger partial charge in [0.1, 0.15) is 0 Å². The second kappa shape index (κ2) is 11.0. The third kappa shape index (κ3) is 7.97. The molecule has 0 amide bonds. The third-order valence-corrected chi connectivity index (χ3v) is 1.81. The van der Waals surface area contributed by atoms with Crippen molar-refractivity contribution in [2.45, 2.75) is 33.1 Å². The zero-order valence-electron chi connectivity index (χ0n) is 8.11. The SMILES string of the molecule is CCCCC1=CC(C)[C-]=C1.[Cl-].[Cl-].[Zr+3]. The van der Waals surface area contributed by atoms with E-state index in [-0.39, 0.29) is 51.0 Å². The van der Waals surface area contributed by atoms with E-state index >= 15 is 0 Å². The van der Waals surface area contributed by atoms with E-state index in [1.54, 1.807) is 0 Å². The molecule has 0 saturated carbocycles. The van der Waals surface area contributed by atoms with Crippen LogP contribution in [0.25, 0.3) is 0 Å². The van der Waals surface area contributed by atoms with Crippen LogP contribution >= 0.6 is 0 Å². The summed E-state index contributed by atoms with van der Waals surface area (Å²) in [6.45, 7) is 4.40. The standard InChI is InChI=1S/C10H15.2ClH.Zr/c1-3-4-5-10-7-6-9(2)8-10;;;/h7-9H,3-5H2,1-2H3;2*1H;/q-1;;;+3/p-2. The quantitative estimate of drug-likeness (QED) is 0.491. The van der Waals surface area contributed by atoms with E-state index in [1.807, 2.05) is 0 Å². The van der Waals surface area contributed by atoms with Crippen molar-refractivity contribution in [1.29, 1.82) is 0 Å². The summed E-state index contributed by atoms with van der Waals surface area (Å²) >= 11 is 0. The minimum absolute atomic E-state index is 0. The molecule has 0 nitrogen and oxygen atoms in total. The van der Waals surface area contributed by atoms with Crippen molar-refractivity contribution in [3.63, 3.8) is 0 Å². The minimum atomic E-state index is 0. The van der Waals surface area contributed by atoms with Gasteiger partial charge in [0.2, 0.25) is 0 Å². The number of allylic oxidation sites excluding steroid dienone is 4. The number of hydrogen-bond acceptors (Lipinski definition) is 0. The first-order valence-electron chi connectivity index (χ1n) is 4.13. The Morgan fingerprint density at radius 3 is 2.38 bits per heavy atom. The van der Waals surface area contributed by atoms with Crippen molar-refractivity contribution < 1.29 is 51.0 Å². The molecule has 0 aliphatic heterocycles. The van der Waals surface area contributed by atoms with Gasteiger partial charge in [0, 0.05) is 0 Å². The van der Waals surface area contributed by atoms with Crippen LogP contribution in [0.2, 0.25) is 0 Å². The Bertz CT molecular complexity index is 164. The van der Waals surface area contributed by atoms with E-state index in [9.17, 15) is 0 Å². The summed E-state index contributed by atoms with van der Waals surface area (Å²) < 4.78 is 0. The Hall–Kier alpha value is 0.943. The van der Waals surface area contributed by atoms with Crippen LogP contribution in [-0.2, 0) is 26.2 Å². The van der Waals surface area contributed by atoms with Crippen LogP contribution in [0.1, 0.15) is 33.1 Å². The first-order chi connectivity index (χ1) is 4.83. The molecule has 0 N–H and O–H groups in total. The Morgan fingerprint density at radius 2 is 2.00 bits per heavy atom. The molecule has 0 aromatic carbocycles. The van der Waals surface area contributed by atoms with Crippen molar-refractivity contribution in [1.82, 2.24) is 0 Å². The van der Waals surface area contributed by atoms with E-state index in [4.69, 9.17) is 0 Å². The largest absolute Gasteiger partial charge is 3.00 e. The predicted molar refractivity (Wildman–Crippen MR) is 44.6 cm³/mol. The van der Waals surface area contributed by atoms with Gasteiger partial charge in [-0.2, -0.15) is 6.08 Å². The Balaban J connectivity index is -0.000000333. The molecule has 13 heavy (non-hydrogen) atoms. The Labute approximate surface area is 113 Å². The van der Waals surface area contributed by atoms with Gasteiger partial charge >= 0.3 is 26.2 Å². The van der Waals surface area contributed by atoms with E-state index < -0.39 is 0 Å². The topological polar surface area (TPSA) is 0 Å². The van der Waals surface area contributed by atoms with Gasteiger partial charge in [-0.15, -0.1) is 0 Å². The van der Waals surface area contributed by atoms with Crippen molar-refractivity contribution in [2.24, 2.45) is 5.92 Å². The smallest absolute Gasteiger partial charge is 1.00 e. The average Bonchev–Trinajstić information content (AvgIpc) is 2.31. The molecule has 73 valence electrons. The second-order valence-electron chi connectivity index (χ2n) is 2.94. The van der Waals surface area contributed by atoms with Gasteiger partial charge in [0.15, 0.2) is 0 Å². The van der Waals surface area contributed by atoms with E-state index in [0.717, 1.165) is 0 Å². The average molecular weight is 297 g/mol. The van der Waals surface area contributed by atoms with Crippen LogP contribution in [0, 0.1) is 12.0 Å². The summed E-state index contributed by atoms with van der Waals surface area (Å²) in [5, 5.41) is 0. The molecular formula is C10H15Cl2Zr. The van der Waals surface area contributed by atoms with Crippen LogP contribution in [-0.4, -0.2) is 0 Å². The minimum Gasteiger partial charge on any atom is -1.00 e. The first-order valence-corrected chi connectivity index (χ1v) is 4.13. The van der Waals surface area contributed by atoms with E-state index in [1.165, 1.54) is 24.8 Å². The maximum absolute atomic E-state index is 3.26. The molecule has 0 heterocycles. The second-order valence-corrected chi connectivity index (χ2v) is 2.94. The molecule has 0 aromatic rings. The van der Waals surface area contributed by atoms with Crippen LogP contribution in [0.5, 0.6) is 0 Å². The van der Waals surface area contributed by atoms with E-state index in [0.29, 0.717) is 5.92 Å². The molecule has 1 unspecified atom stereocenters. The van der Waals surface area contributed by atoms with Gasteiger partial charge in [-0.05, 0) is 0 Å². The summed E-state index contributed by atoms with van der Waals surface area (Å²) in [6, 6.07) is 0. The number of hydrogen-bond donors (Lipinski definition) is 0. The molecule has 1 aliphatic rings. The number of unbranched alkanes of at least 4 members (excludes halogenated alkanes) is 1. The van der Waals surface area contributed by atoms with Crippen LogP contribution in [0.15, 0.2) is 17.7 Å². The maximum Gasteiger partial charge on any atom is 3.00 e. The Kier molecular flexibility index (Phi) is 16.5. The van der Waals surface area contributed by atoms with Gasteiger partial charge in [0.25, 0.3) is 0 Å². The zero-order chi connectivity index (χ0) is 7.40. The van der Waals surface area contributed by atoms with Crippen molar-refractivity contribution >= 4 is 0 Å². The normalized spacial score (nSPS) is 18.0. The molecule has 3 heteroatoms. The van der Waals surface area contributed by atoms with Crippen LogP contribution in [0.4, 0.5) is 0 Å². The first kappa shape index (κ1) is 19.5. The summed E-state index contributed by atoms with van der Waals surface area (Å²) in [5.74, 6) is 0.562. The third-order valence-electron chi connectivity index (χ3n) is 1.81. The van der Waals surface area contributed by atoms with Gasteiger partial charge in [-0.1, -0.05) is 39.0 Å². The van der Waals surface area contributed by atoms with Crippen LogP contribution in [0.3, 0.4) is 0 Å². The van der Waals surface area contributed by atoms with Gasteiger partial charge in [-0.3, -0.25) is 6.08 Å². The van der Waals surface area contributed by atoms with Crippen molar-refractivity contribution in [3.05, 3.63) is 23.8 Å². The molecule has 0 fully saturated rings. The molecule has 1 rings (SSSR count). The number of rotatable bonds is 3. The van der Waals surface area contributed by atoms with Crippen LogP contribution < -0.4 is 24.8 Å². The summed E-state index contributed by atoms with van der Waals surface area (Å²) in [4.78, 5) is 0. The summed E-state index contributed by atoms with van der Waals surface area (Å²) in [7, 11) is 0. The van der Waals surface area contributed by atoms with Gasteiger partial charge < -0.3 is 24.8 Å².